The summed E-state index contributed by atoms with van der Waals surface area (Å²) in [7, 11) is 3.77. The van der Waals surface area contributed by atoms with E-state index in [2.05, 4.69) is 27.0 Å². The maximum Gasteiger partial charge on any atom is 0.242 e. The lowest BCUT2D eigenvalue weighted by molar-refractivity contribution is -0.138. The van der Waals surface area contributed by atoms with Crippen molar-refractivity contribution in [2.75, 3.05) is 33.8 Å². The van der Waals surface area contributed by atoms with E-state index in [-0.39, 0.29) is 17.4 Å². The monoisotopic (exact) mass is 376 g/mol. The van der Waals surface area contributed by atoms with Gasteiger partial charge in [0.1, 0.15) is 6.61 Å². The van der Waals surface area contributed by atoms with E-state index in [9.17, 15) is 4.79 Å². The first-order chi connectivity index (χ1) is 13.1. The zero-order valence-corrected chi connectivity index (χ0v) is 16.7. The van der Waals surface area contributed by atoms with Crippen molar-refractivity contribution in [3.05, 3.63) is 11.8 Å². The van der Waals surface area contributed by atoms with Gasteiger partial charge in [-0.05, 0) is 44.6 Å². The Balaban J connectivity index is 1.36. The van der Waals surface area contributed by atoms with Crippen LogP contribution in [0.3, 0.4) is 0 Å². The molecule has 1 unspecified atom stereocenters. The molecule has 0 bridgehead atoms. The summed E-state index contributed by atoms with van der Waals surface area (Å²) in [6, 6.07) is 0.170. The summed E-state index contributed by atoms with van der Waals surface area (Å²) in [6.45, 7) is 3.18. The SMILES string of the molecule is COCc1nnc(C2CC3(CCN(C(=O)C4CCCCC4)CC3)CN2C)o1. The van der Waals surface area contributed by atoms with Gasteiger partial charge in [-0.2, -0.15) is 0 Å². The maximum absolute atomic E-state index is 12.8. The van der Waals surface area contributed by atoms with Crippen molar-refractivity contribution in [2.24, 2.45) is 11.3 Å². The number of hydrogen-bond acceptors (Lipinski definition) is 6. The molecule has 4 rings (SSSR count). The number of carbonyl (C=O) groups excluding carboxylic acids is 1. The Bertz CT molecular complexity index is 647. The van der Waals surface area contributed by atoms with Crippen molar-refractivity contribution >= 4 is 5.91 Å². The first-order valence-electron chi connectivity index (χ1n) is 10.4. The molecule has 3 heterocycles. The molecule has 150 valence electrons. The second-order valence-electron chi connectivity index (χ2n) is 8.76. The molecule has 1 aromatic rings. The van der Waals surface area contributed by atoms with Crippen molar-refractivity contribution in [3.8, 4) is 0 Å². The minimum absolute atomic E-state index is 0.170. The van der Waals surface area contributed by atoms with Crippen molar-refractivity contribution in [3.63, 3.8) is 0 Å². The van der Waals surface area contributed by atoms with Crippen molar-refractivity contribution < 1.29 is 13.9 Å². The summed E-state index contributed by atoms with van der Waals surface area (Å²) in [6.07, 6.45) is 9.09. The third-order valence-corrected chi connectivity index (χ3v) is 6.87. The fraction of sp³-hybridized carbons (Fsp3) is 0.850. The standard InChI is InChI=1S/C20H32N4O3/c1-23-14-20(12-16(23)18-22-21-17(27-18)13-26-2)8-10-24(11-9-20)19(25)15-6-4-3-5-7-15/h15-16H,3-14H2,1-2H3. The van der Waals surface area contributed by atoms with Crippen molar-refractivity contribution in [1.82, 2.24) is 20.0 Å². The zero-order valence-electron chi connectivity index (χ0n) is 16.7. The summed E-state index contributed by atoms with van der Waals surface area (Å²) < 4.78 is 10.9. The van der Waals surface area contributed by atoms with E-state index in [4.69, 9.17) is 9.15 Å². The van der Waals surface area contributed by atoms with E-state index in [1.54, 1.807) is 7.11 Å². The number of rotatable bonds is 4. The average Bonchev–Trinajstić information content (AvgIpc) is 3.27. The molecular weight excluding hydrogens is 344 g/mol. The molecule has 2 aliphatic heterocycles. The molecule has 1 saturated carbocycles. The van der Waals surface area contributed by atoms with Crippen molar-refractivity contribution in [1.29, 1.82) is 0 Å². The number of likely N-dealkylation sites (tertiary alicyclic amines) is 2. The quantitative estimate of drug-likeness (QED) is 0.805. The van der Waals surface area contributed by atoms with Crippen LogP contribution in [0.25, 0.3) is 0 Å². The largest absolute Gasteiger partial charge is 0.421 e. The van der Waals surface area contributed by atoms with Crippen molar-refractivity contribution in [2.45, 2.75) is 64.0 Å². The minimum Gasteiger partial charge on any atom is -0.421 e. The Morgan fingerprint density at radius 2 is 1.96 bits per heavy atom. The summed E-state index contributed by atoms with van der Waals surface area (Å²) in [5.41, 5.74) is 0.263. The smallest absolute Gasteiger partial charge is 0.242 e. The Morgan fingerprint density at radius 1 is 1.22 bits per heavy atom. The molecule has 1 spiro atoms. The number of methoxy groups -OCH3 is 1. The maximum atomic E-state index is 12.8. The third-order valence-electron chi connectivity index (χ3n) is 6.87. The van der Waals surface area contributed by atoms with Crippen LogP contribution >= 0.6 is 0 Å². The Hall–Kier alpha value is -1.47. The third kappa shape index (κ3) is 3.90. The van der Waals surface area contributed by atoms with E-state index in [0.717, 1.165) is 51.7 Å². The molecule has 0 aromatic carbocycles. The minimum atomic E-state index is 0.170. The highest BCUT2D eigenvalue weighted by atomic mass is 16.5. The number of carbonyl (C=O) groups is 1. The van der Waals surface area contributed by atoms with Crippen LogP contribution in [0.5, 0.6) is 0 Å². The zero-order chi connectivity index (χ0) is 18.9. The van der Waals surface area contributed by atoms with Gasteiger partial charge in [-0.3, -0.25) is 9.69 Å². The molecular formula is C20H32N4O3. The predicted octanol–water partition coefficient (Wildman–Crippen LogP) is 2.78. The molecule has 7 heteroatoms. The van der Waals surface area contributed by atoms with Gasteiger partial charge in [0.2, 0.25) is 17.7 Å². The first-order valence-corrected chi connectivity index (χ1v) is 10.4. The number of nitrogens with zero attached hydrogens (tertiary/aromatic N) is 4. The van der Waals surface area contributed by atoms with E-state index in [1.807, 2.05) is 0 Å². The van der Waals surface area contributed by atoms with Crippen LogP contribution < -0.4 is 0 Å². The lowest BCUT2D eigenvalue weighted by atomic mass is 9.76. The Labute approximate surface area is 161 Å². The van der Waals surface area contributed by atoms with Crippen LogP contribution in [-0.2, 0) is 16.1 Å². The molecule has 3 fully saturated rings. The van der Waals surface area contributed by atoms with Crippen LogP contribution in [0.4, 0.5) is 0 Å². The lowest BCUT2D eigenvalue weighted by Gasteiger charge is -2.40. The van der Waals surface area contributed by atoms with Crippen LogP contribution in [-0.4, -0.2) is 59.7 Å². The van der Waals surface area contributed by atoms with Gasteiger partial charge in [0.25, 0.3) is 0 Å². The van der Waals surface area contributed by atoms with Crippen LogP contribution in [0.2, 0.25) is 0 Å². The number of amides is 1. The molecule has 1 amide bonds. The second kappa shape index (κ2) is 7.87. The summed E-state index contributed by atoms with van der Waals surface area (Å²) in [4.78, 5) is 17.3. The predicted molar refractivity (Wildman–Crippen MR) is 99.8 cm³/mol. The van der Waals surface area contributed by atoms with Gasteiger partial charge in [0.05, 0.1) is 6.04 Å². The van der Waals surface area contributed by atoms with Crippen LogP contribution in [0.1, 0.15) is 69.2 Å². The van der Waals surface area contributed by atoms with Gasteiger partial charge >= 0.3 is 0 Å². The van der Waals surface area contributed by atoms with Gasteiger partial charge in [0, 0.05) is 32.7 Å². The molecule has 1 atom stereocenters. The lowest BCUT2D eigenvalue weighted by Crippen LogP contribution is -2.46. The number of ether oxygens (including phenoxy) is 1. The van der Waals surface area contributed by atoms with Gasteiger partial charge in [-0.15, -0.1) is 10.2 Å². The molecule has 0 radical (unpaired) electrons. The topological polar surface area (TPSA) is 71.7 Å². The second-order valence-corrected chi connectivity index (χ2v) is 8.76. The molecule has 2 saturated heterocycles. The van der Waals surface area contributed by atoms with E-state index >= 15 is 0 Å². The van der Waals surface area contributed by atoms with E-state index < -0.39 is 0 Å². The summed E-state index contributed by atoms with van der Waals surface area (Å²) in [5.74, 6) is 1.93. The van der Waals surface area contributed by atoms with E-state index in [1.165, 1.54) is 19.3 Å². The fourth-order valence-electron chi connectivity index (χ4n) is 5.30. The highest BCUT2D eigenvalue weighted by molar-refractivity contribution is 5.79. The number of hydrogen-bond donors (Lipinski definition) is 0. The van der Waals surface area contributed by atoms with E-state index in [0.29, 0.717) is 24.3 Å². The highest BCUT2D eigenvalue weighted by Gasteiger charge is 2.47. The summed E-state index contributed by atoms with van der Waals surface area (Å²) >= 11 is 0. The normalized spacial score (nSPS) is 26.7. The molecule has 27 heavy (non-hydrogen) atoms. The first kappa shape index (κ1) is 18.9. The molecule has 1 aromatic heterocycles. The fourth-order valence-corrected chi connectivity index (χ4v) is 5.30. The Kier molecular flexibility index (Phi) is 5.50. The van der Waals surface area contributed by atoms with Gasteiger partial charge in [0.15, 0.2) is 0 Å². The van der Waals surface area contributed by atoms with Gasteiger partial charge in [-0.25, -0.2) is 0 Å². The molecule has 0 N–H and O–H groups in total. The van der Waals surface area contributed by atoms with Gasteiger partial charge in [-0.1, -0.05) is 19.3 Å². The van der Waals surface area contributed by atoms with Gasteiger partial charge < -0.3 is 14.1 Å². The molecule has 7 nitrogen and oxygen atoms in total. The van der Waals surface area contributed by atoms with Crippen LogP contribution in [0.15, 0.2) is 4.42 Å². The van der Waals surface area contributed by atoms with Crippen LogP contribution in [0, 0.1) is 11.3 Å². The Morgan fingerprint density at radius 3 is 2.67 bits per heavy atom. The number of aromatic nitrogens is 2. The average molecular weight is 377 g/mol. The molecule has 1 aliphatic carbocycles. The number of piperidine rings is 1. The molecule has 3 aliphatic rings. The highest BCUT2D eigenvalue weighted by Crippen LogP contribution is 2.48. The summed E-state index contributed by atoms with van der Waals surface area (Å²) in [5, 5.41) is 8.33.